The number of hydrogen-bond acceptors (Lipinski definition) is 6. The minimum Gasteiger partial charge on any atom is -0.392 e. The van der Waals surface area contributed by atoms with Crippen molar-refractivity contribution in [2.45, 2.75) is 84.4 Å². The topological polar surface area (TPSA) is 93.1 Å². The first kappa shape index (κ1) is 22.5. The Hall–Kier alpha value is -1.34. The van der Waals surface area contributed by atoms with Gasteiger partial charge in [-0.2, -0.15) is 0 Å². The van der Waals surface area contributed by atoms with Crippen LogP contribution in [0, 0.1) is 34.0 Å². The number of allylic oxidation sites excluding steroid dienone is 4. The molecule has 0 amide bonds. The van der Waals surface area contributed by atoms with Gasteiger partial charge in [0.05, 0.1) is 12.2 Å². The highest BCUT2D eigenvalue weighted by Crippen LogP contribution is 2.74. The SMILES string of the molecule is C[C@H]1C[C@H]2[C@@H]3C[C@H]4OC(C)(C)O[C@@]4(C(=O)CO)[C@@]3(C)C[C@H](O)[C@]2(C)[C@@]2(C)C=CC(=O)C=C12. The Labute approximate surface area is 190 Å². The summed E-state index contributed by atoms with van der Waals surface area (Å²) >= 11 is 0. The molecular formula is C26H36O6. The molecule has 9 atom stereocenters. The number of carbonyl (C=O) groups excluding carboxylic acids is 2. The number of fused-ring (bicyclic) bond motifs is 7. The highest BCUT2D eigenvalue weighted by Gasteiger charge is 2.78. The van der Waals surface area contributed by atoms with Crippen LogP contribution in [0.15, 0.2) is 23.8 Å². The molecule has 1 heterocycles. The standard InChI is InChI=1S/C26H36O6/c1-14-9-18-17-11-21-26(20(30)13-27,32-22(2,3)31-21)24(17,5)12-19(29)25(18,6)23(4)8-7-15(28)10-16(14)23/h7-8,10,14,17-19,21,27,29H,9,11-13H2,1-6H3/t14-,17-,18-,19-,21+,23-,24-,25+,26+/m0/s1. The molecule has 1 saturated heterocycles. The van der Waals surface area contributed by atoms with E-state index in [-0.39, 0.29) is 29.3 Å². The van der Waals surface area contributed by atoms with E-state index >= 15 is 0 Å². The third kappa shape index (κ3) is 2.35. The predicted molar refractivity (Wildman–Crippen MR) is 117 cm³/mol. The van der Waals surface area contributed by atoms with Gasteiger partial charge in [0.25, 0.3) is 0 Å². The molecule has 0 aromatic rings. The molecule has 32 heavy (non-hydrogen) atoms. The Balaban J connectivity index is 1.66. The molecule has 0 radical (unpaired) electrons. The fraction of sp³-hybridized carbons (Fsp3) is 0.769. The lowest BCUT2D eigenvalue weighted by Gasteiger charge is -2.66. The van der Waals surface area contributed by atoms with Crippen molar-refractivity contribution in [1.82, 2.24) is 0 Å². The van der Waals surface area contributed by atoms with Crippen LogP contribution < -0.4 is 0 Å². The lowest BCUT2D eigenvalue weighted by molar-refractivity contribution is -0.242. The largest absolute Gasteiger partial charge is 0.392 e. The molecule has 4 fully saturated rings. The second kappa shape index (κ2) is 6.41. The third-order valence-electron chi connectivity index (χ3n) is 10.3. The highest BCUT2D eigenvalue weighted by molar-refractivity contribution is 6.01. The van der Waals surface area contributed by atoms with Crippen molar-refractivity contribution in [1.29, 1.82) is 0 Å². The van der Waals surface area contributed by atoms with Gasteiger partial charge in [0.2, 0.25) is 0 Å². The van der Waals surface area contributed by atoms with Crippen LogP contribution in [0.5, 0.6) is 0 Å². The first-order valence-electron chi connectivity index (χ1n) is 11.9. The molecule has 5 rings (SSSR count). The molecule has 4 aliphatic carbocycles. The highest BCUT2D eigenvalue weighted by atomic mass is 16.8. The molecule has 0 spiro atoms. The second-order valence-corrected chi connectivity index (χ2v) is 12.0. The van der Waals surface area contributed by atoms with E-state index in [1.165, 1.54) is 0 Å². The molecule has 6 nitrogen and oxygen atoms in total. The van der Waals surface area contributed by atoms with E-state index < -0.39 is 46.4 Å². The van der Waals surface area contributed by atoms with Crippen molar-refractivity contribution in [3.8, 4) is 0 Å². The van der Waals surface area contributed by atoms with E-state index in [1.807, 2.05) is 19.9 Å². The molecular weight excluding hydrogens is 408 g/mol. The molecule has 6 heteroatoms. The van der Waals surface area contributed by atoms with Crippen LogP contribution in [-0.2, 0) is 19.1 Å². The molecule has 1 aliphatic heterocycles. The quantitative estimate of drug-likeness (QED) is 0.680. The number of hydrogen-bond donors (Lipinski definition) is 2. The lowest BCUT2D eigenvalue weighted by Crippen LogP contribution is -2.68. The fourth-order valence-electron chi connectivity index (χ4n) is 8.72. The Morgan fingerprint density at radius 2 is 1.84 bits per heavy atom. The van der Waals surface area contributed by atoms with E-state index in [0.29, 0.717) is 12.8 Å². The molecule has 0 aromatic heterocycles. The number of ketones is 2. The summed E-state index contributed by atoms with van der Waals surface area (Å²) in [6, 6.07) is 0. The van der Waals surface area contributed by atoms with Crippen molar-refractivity contribution >= 4 is 11.6 Å². The number of aliphatic hydroxyl groups excluding tert-OH is 2. The Kier molecular flexibility index (Phi) is 4.50. The molecule has 0 bridgehead atoms. The zero-order valence-corrected chi connectivity index (χ0v) is 20.0. The first-order valence-corrected chi connectivity index (χ1v) is 11.9. The molecule has 5 aliphatic rings. The Bertz CT molecular complexity index is 950. The van der Waals surface area contributed by atoms with E-state index in [0.717, 1.165) is 12.0 Å². The summed E-state index contributed by atoms with van der Waals surface area (Å²) in [5, 5.41) is 21.8. The summed E-state index contributed by atoms with van der Waals surface area (Å²) in [5.74, 6) is -0.899. The minimum absolute atomic E-state index is 0.00781. The van der Waals surface area contributed by atoms with Crippen LogP contribution in [0.4, 0.5) is 0 Å². The summed E-state index contributed by atoms with van der Waals surface area (Å²) in [7, 11) is 0. The average molecular weight is 445 g/mol. The molecule has 2 N–H and O–H groups in total. The first-order chi connectivity index (χ1) is 14.8. The lowest BCUT2D eigenvalue weighted by atomic mass is 9.38. The summed E-state index contributed by atoms with van der Waals surface area (Å²) < 4.78 is 12.7. The minimum atomic E-state index is -1.27. The second-order valence-electron chi connectivity index (χ2n) is 12.0. The van der Waals surface area contributed by atoms with E-state index in [9.17, 15) is 19.8 Å². The van der Waals surface area contributed by atoms with Crippen molar-refractivity contribution in [2.75, 3.05) is 6.61 Å². The van der Waals surface area contributed by atoms with Gasteiger partial charge in [-0.3, -0.25) is 9.59 Å². The van der Waals surface area contributed by atoms with Gasteiger partial charge in [-0.15, -0.1) is 0 Å². The number of aliphatic hydroxyl groups is 2. The van der Waals surface area contributed by atoms with Crippen LogP contribution in [0.25, 0.3) is 0 Å². The number of Topliss-reactive ketones (excluding diaryl/α,β-unsaturated/α-hetero) is 1. The van der Waals surface area contributed by atoms with Crippen molar-refractivity contribution < 1.29 is 29.3 Å². The maximum absolute atomic E-state index is 13.3. The zero-order valence-electron chi connectivity index (χ0n) is 20.0. The fourth-order valence-corrected chi connectivity index (χ4v) is 8.72. The molecule has 176 valence electrons. The number of carbonyl (C=O) groups is 2. The van der Waals surface area contributed by atoms with Gasteiger partial charge in [-0.05, 0) is 63.0 Å². The summed E-state index contributed by atoms with van der Waals surface area (Å²) in [6.07, 6.45) is 6.11. The van der Waals surface area contributed by atoms with Gasteiger partial charge in [-0.25, -0.2) is 0 Å². The van der Waals surface area contributed by atoms with Gasteiger partial charge < -0.3 is 19.7 Å². The van der Waals surface area contributed by atoms with Gasteiger partial charge in [0.1, 0.15) is 6.61 Å². The van der Waals surface area contributed by atoms with Gasteiger partial charge in [0.15, 0.2) is 23.0 Å². The van der Waals surface area contributed by atoms with Crippen molar-refractivity contribution in [3.05, 3.63) is 23.8 Å². The van der Waals surface area contributed by atoms with Crippen LogP contribution in [0.3, 0.4) is 0 Å². The van der Waals surface area contributed by atoms with Crippen LogP contribution in [0.2, 0.25) is 0 Å². The monoisotopic (exact) mass is 444 g/mol. The normalized spacial score (nSPS) is 53.2. The van der Waals surface area contributed by atoms with Crippen LogP contribution >= 0.6 is 0 Å². The molecule has 0 unspecified atom stereocenters. The third-order valence-corrected chi connectivity index (χ3v) is 10.3. The number of ether oxygens (including phenoxy) is 2. The average Bonchev–Trinajstić information content (AvgIpc) is 3.11. The van der Waals surface area contributed by atoms with Crippen molar-refractivity contribution in [3.63, 3.8) is 0 Å². The molecule has 0 aromatic carbocycles. The van der Waals surface area contributed by atoms with E-state index in [4.69, 9.17) is 9.47 Å². The van der Waals surface area contributed by atoms with Crippen LogP contribution in [0.1, 0.15) is 60.8 Å². The van der Waals surface area contributed by atoms with Crippen molar-refractivity contribution in [2.24, 2.45) is 34.0 Å². The summed E-state index contributed by atoms with van der Waals surface area (Å²) in [5.41, 5.74) is -1.78. The van der Waals surface area contributed by atoms with Crippen LogP contribution in [-0.4, -0.2) is 52.0 Å². The molecule has 3 saturated carbocycles. The van der Waals surface area contributed by atoms with E-state index in [2.05, 4.69) is 27.7 Å². The maximum atomic E-state index is 13.3. The summed E-state index contributed by atoms with van der Waals surface area (Å²) in [4.78, 5) is 25.5. The van der Waals surface area contributed by atoms with Gasteiger partial charge >= 0.3 is 0 Å². The predicted octanol–water partition coefficient (Wildman–Crippen LogP) is 2.96. The van der Waals surface area contributed by atoms with Gasteiger partial charge in [0, 0.05) is 16.2 Å². The van der Waals surface area contributed by atoms with E-state index in [1.54, 1.807) is 12.2 Å². The smallest absolute Gasteiger partial charge is 0.193 e. The Morgan fingerprint density at radius 1 is 1.16 bits per heavy atom. The van der Waals surface area contributed by atoms with Gasteiger partial charge in [-0.1, -0.05) is 39.3 Å². The summed E-state index contributed by atoms with van der Waals surface area (Å²) in [6.45, 7) is 11.5. The zero-order chi connectivity index (χ0) is 23.5. The number of rotatable bonds is 2. The maximum Gasteiger partial charge on any atom is 0.193 e. The Morgan fingerprint density at radius 3 is 2.50 bits per heavy atom.